The Morgan fingerprint density at radius 1 is 1.00 bits per heavy atom. The lowest BCUT2D eigenvalue weighted by Crippen LogP contribution is -1.84. The van der Waals surface area contributed by atoms with Crippen LogP contribution in [0.15, 0.2) is 0 Å². The van der Waals surface area contributed by atoms with E-state index in [0.29, 0.717) is 6.61 Å². The Morgan fingerprint density at radius 3 is 1.27 bits per heavy atom. The molecule has 72 valence electrons. The van der Waals surface area contributed by atoms with E-state index in [1.165, 1.54) is 0 Å². The van der Waals surface area contributed by atoms with Crippen LogP contribution in [0.25, 0.3) is 0 Å². The van der Waals surface area contributed by atoms with Gasteiger partial charge < -0.3 is 14.9 Å². The molecule has 0 saturated carbocycles. The third-order valence-electron chi connectivity index (χ3n) is 0.632. The molecular weight excluding hydrogens is 144 g/mol. The third kappa shape index (κ3) is 74.0. The first-order valence-electron chi connectivity index (χ1n) is 3.96. The molecule has 11 heavy (non-hydrogen) atoms. The zero-order valence-corrected chi connectivity index (χ0v) is 8.13. The minimum Gasteiger partial charge on any atom is -0.400 e. The van der Waals surface area contributed by atoms with Crippen molar-refractivity contribution in [3.63, 3.8) is 0 Å². The molecule has 0 saturated heterocycles. The van der Waals surface area contributed by atoms with E-state index >= 15 is 0 Å². The Kier molecular flexibility index (Phi) is 50.9. The molecule has 3 nitrogen and oxygen atoms in total. The summed E-state index contributed by atoms with van der Waals surface area (Å²) < 4.78 is 4.83. The Morgan fingerprint density at radius 2 is 1.27 bits per heavy atom. The molecule has 0 unspecified atom stereocenters. The maximum atomic E-state index is 7.88. The first-order chi connectivity index (χ1) is 5.33. The van der Waals surface area contributed by atoms with E-state index in [-0.39, 0.29) is 0 Å². The van der Waals surface area contributed by atoms with Crippen molar-refractivity contribution in [1.82, 2.24) is 0 Å². The van der Waals surface area contributed by atoms with Gasteiger partial charge in [-0.3, -0.25) is 0 Å². The second-order valence-corrected chi connectivity index (χ2v) is 1.51. The van der Waals surface area contributed by atoms with Gasteiger partial charge in [0.15, 0.2) is 0 Å². The molecule has 0 aromatic rings. The van der Waals surface area contributed by atoms with Crippen molar-refractivity contribution >= 4 is 0 Å². The Hall–Kier alpha value is -0.120. The molecule has 0 rings (SSSR count). The van der Waals surface area contributed by atoms with E-state index in [4.69, 9.17) is 14.9 Å². The van der Waals surface area contributed by atoms with Gasteiger partial charge in [-0.2, -0.15) is 0 Å². The first kappa shape index (κ1) is 17.1. The van der Waals surface area contributed by atoms with Crippen molar-refractivity contribution in [3.05, 3.63) is 0 Å². The molecule has 0 aromatic carbocycles. The van der Waals surface area contributed by atoms with E-state index in [1.807, 2.05) is 20.8 Å². The van der Waals surface area contributed by atoms with Crippen molar-refractivity contribution in [3.8, 4) is 0 Å². The van der Waals surface area contributed by atoms with Crippen molar-refractivity contribution in [2.75, 3.05) is 26.9 Å². The summed E-state index contributed by atoms with van der Waals surface area (Å²) >= 11 is 0. The molecule has 0 radical (unpaired) electrons. The summed E-state index contributed by atoms with van der Waals surface area (Å²) in [6, 6.07) is 0. The van der Waals surface area contributed by atoms with Gasteiger partial charge in [0.25, 0.3) is 0 Å². The summed E-state index contributed by atoms with van der Waals surface area (Å²) in [5.41, 5.74) is 0. The molecule has 0 aromatic heterocycles. The highest BCUT2D eigenvalue weighted by molar-refractivity contribution is 4.10. The second kappa shape index (κ2) is 32.7. The molecular formula is C8H22O3. The van der Waals surface area contributed by atoms with Crippen molar-refractivity contribution in [1.29, 1.82) is 0 Å². The van der Waals surface area contributed by atoms with Crippen LogP contribution in [0.3, 0.4) is 0 Å². The Labute approximate surface area is 70.0 Å². The molecule has 0 fully saturated rings. The van der Waals surface area contributed by atoms with Crippen molar-refractivity contribution < 1.29 is 14.9 Å². The predicted molar refractivity (Wildman–Crippen MR) is 47.7 cm³/mol. The van der Waals surface area contributed by atoms with Gasteiger partial charge in [0, 0.05) is 26.9 Å². The molecule has 0 atom stereocenters. The monoisotopic (exact) mass is 166 g/mol. The zero-order valence-electron chi connectivity index (χ0n) is 8.13. The van der Waals surface area contributed by atoms with Gasteiger partial charge in [-0.25, -0.2) is 0 Å². The number of aliphatic hydroxyl groups is 2. The molecule has 0 aliphatic carbocycles. The predicted octanol–water partition coefficient (Wildman–Crippen LogP) is 1.04. The standard InChI is InChI=1S/C4H10O.C3H8O.CH4O/c1-3-5-4-2;1-2-3-4;1-2/h3-4H2,1-2H3;4H,2-3H2,1H3;2H,1H3. The zero-order chi connectivity index (χ0) is 9.54. The van der Waals surface area contributed by atoms with Gasteiger partial charge in [-0.1, -0.05) is 6.92 Å². The largest absolute Gasteiger partial charge is 0.400 e. The number of ether oxygens (including phenoxy) is 1. The molecule has 3 heteroatoms. The van der Waals surface area contributed by atoms with Crippen molar-refractivity contribution in [2.45, 2.75) is 27.2 Å². The van der Waals surface area contributed by atoms with E-state index in [2.05, 4.69) is 0 Å². The lowest BCUT2D eigenvalue weighted by molar-refractivity contribution is 0.162. The maximum absolute atomic E-state index is 7.88. The molecule has 0 aliphatic heterocycles. The van der Waals surface area contributed by atoms with Gasteiger partial charge in [-0.05, 0) is 20.3 Å². The van der Waals surface area contributed by atoms with Crippen LogP contribution in [0.4, 0.5) is 0 Å². The van der Waals surface area contributed by atoms with Gasteiger partial charge in [-0.15, -0.1) is 0 Å². The Balaban J connectivity index is -0.0000000965. The average Bonchev–Trinajstić information content (AvgIpc) is 2.10. The molecule has 0 amide bonds. The van der Waals surface area contributed by atoms with Crippen LogP contribution in [-0.2, 0) is 4.74 Å². The van der Waals surface area contributed by atoms with E-state index < -0.39 is 0 Å². The number of rotatable bonds is 3. The molecule has 2 N–H and O–H groups in total. The summed E-state index contributed by atoms with van der Waals surface area (Å²) in [5, 5.41) is 14.9. The summed E-state index contributed by atoms with van der Waals surface area (Å²) in [6.07, 6.45) is 0.875. The van der Waals surface area contributed by atoms with Crippen LogP contribution in [0, 0.1) is 0 Å². The Bertz CT molecular complexity index is 28.5. The summed E-state index contributed by atoms with van der Waals surface area (Å²) in [5.74, 6) is 0. The van der Waals surface area contributed by atoms with Gasteiger partial charge in [0.05, 0.1) is 0 Å². The number of hydrogen-bond donors (Lipinski definition) is 2. The molecule has 0 spiro atoms. The minimum absolute atomic E-state index is 0.319. The highest BCUT2D eigenvalue weighted by Crippen LogP contribution is 1.64. The van der Waals surface area contributed by atoms with Gasteiger partial charge >= 0.3 is 0 Å². The fraction of sp³-hybridized carbons (Fsp3) is 1.00. The van der Waals surface area contributed by atoms with Gasteiger partial charge in [0.1, 0.15) is 0 Å². The molecule has 0 aliphatic rings. The third-order valence-corrected chi connectivity index (χ3v) is 0.632. The minimum atomic E-state index is 0.319. The quantitative estimate of drug-likeness (QED) is 0.658. The lowest BCUT2D eigenvalue weighted by atomic mass is 10.5. The lowest BCUT2D eigenvalue weighted by Gasteiger charge is -1.86. The smallest absolute Gasteiger partial charge is 0.0437 e. The summed E-state index contributed by atoms with van der Waals surface area (Å²) in [6.45, 7) is 7.92. The number of aliphatic hydroxyl groups excluding tert-OH is 2. The first-order valence-corrected chi connectivity index (χ1v) is 3.96. The summed E-state index contributed by atoms with van der Waals surface area (Å²) in [7, 11) is 1.00. The SMILES string of the molecule is CCCO.CCOCC.CO. The fourth-order valence-corrected chi connectivity index (χ4v) is 0.204. The summed E-state index contributed by atoms with van der Waals surface area (Å²) in [4.78, 5) is 0. The molecule has 0 bridgehead atoms. The second-order valence-electron chi connectivity index (χ2n) is 1.51. The van der Waals surface area contributed by atoms with E-state index in [1.54, 1.807) is 0 Å². The number of hydrogen-bond acceptors (Lipinski definition) is 3. The van der Waals surface area contributed by atoms with Crippen LogP contribution >= 0.6 is 0 Å². The van der Waals surface area contributed by atoms with Crippen LogP contribution in [0.2, 0.25) is 0 Å². The average molecular weight is 166 g/mol. The normalized spacial score (nSPS) is 7.09. The fourth-order valence-electron chi connectivity index (χ4n) is 0.204. The van der Waals surface area contributed by atoms with E-state index in [0.717, 1.165) is 26.7 Å². The highest BCUT2D eigenvalue weighted by atomic mass is 16.5. The van der Waals surface area contributed by atoms with Crippen molar-refractivity contribution in [2.24, 2.45) is 0 Å². The topological polar surface area (TPSA) is 49.7 Å². The van der Waals surface area contributed by atoms with Gasteiger partial charge in [0.2, 0.25) is 0 Å². The van der Waals surface area contributed by atoms with Crippen LogP contribution in [0.1, 0.15) is 27.2 Å². The maximum Gasteiger partial charge on any atom is 0.0437 e. The molecule has 0 heterocycles. The van der Waals surface area contributed by atoms with E-state index in [9.17, 15) is 0 Å². The van der Waals surface area contributed by atoms with Crippen LogP contribution < -0.4 is 0 Å². The van der Waals surface area contributed by atoms with Crippen LogP contribution in [0.5, 0.6) is 0 Å². The van der Waals surface area contributed by atoms with Crippen LogP contribution in [-0.4, -0.2) is 37.1 Å². The highest BCUT2D eigenvalue weighted by Gasteiger charge is 1.64.